The van der Waals surface area contributed by atoms with E-state index in [1.165, 1.54) is 20.2 Å². The van der Waals surface area contributed by atoms with E-state index in [1.807, 2.05) is 63.2 Å². The molecule has 0 radical (unpaired) electrons. The Bertz CT molecular complexity index is 2490. The molecule has 454 valence electrons. The molecule has 22 heteroatoms. The summed E-state index contributed by atoms with van der Waals surface area (Å²) in [7, 11) is 7.00. The highest BCUT2D eigenvalue weighted by molar-refractivity contribution is 6.34. The maximum atomic E-state index is 14.7. The molecule has 1 aromatic carbocycles. The molecule has 4 heterocycles. The first-order chi connectivity index (χ1) is 37.3. The van der Waals surface area contributed by atoms with Crippen LogP contribution in [0.4, 0.5) is 5.69 Å². The zero-order valence-corrected chi connectivity index (χ0v) is 50.9. The first kappa shape index (κ1) is 65.6. The molecular formula is C58H95ClN6O15. The maximum absolute atomic E-state index is 14.7. The second kappa shape index (κ2) is 27.0. The van der Waals surface area contributed by atoms with Gasteiger partial charge in [-0.2, -0.15) is 0 Å². The predicted octanol–water partition coefficient (Wildman–Crippen LogP) is 4.59. The molecule has 2 aromatic rings. The predicted molar refractivity (Wildman–Crippen MR) is 304 cm³/mol. The largest absolute Gasteiger partial charge is 0.459 e. The van der Waals surface area contributed by atoms with Gasteiger partial charge in [0, 0.05) is 74.8 Å². The van der Waals surface area contributed by atoms with Crippen molar-refractivity contribution in [1.29, 1.82) is 0 Å². The molecular weight excluding hydrogens is 1060 g/mol. The molecule has 3 aliphatic heterocycles. The summed E-state index contributed by atoms with van der Waals surface area (Å²) < 4.78 is 46.8. The summed E-state index contributed by atoms with van der Waals surface area (Å²) in [5.41, 5.74) is -4.34. The lowest BCUT2D eigenvalue weighted by Crippen LogP contribution is -2.61. The lowest BCUT2D eigenvalue weighted by atomic mass is 9.77. The van der Waals surface area contributed by atoms with Gasteiger partial charge in [-0.05, 0) is 120 Å². The fourth-order valence-electron chi connectivity index (χ4n) is 12.3. The molecule has 0 spiro atoms. The van der Waals surface area contributed by atoms with Crippen molar-refractivity contribution in [3.8, 4) is 0 Å². The zero-order chi connectivity index (χ0) is 59.5. The van der Waals surface area contributed by atoms with Crippen LogP contribution in [0.1, 0.15) is 138 Å². The van der Waals surface area contributed by atoms with Gasteiger partial charge in [0.05, 0.1) is 52.2 Å². The van der Waals surface area contributed by atoms with Crippen LogP contribution in [0.25, 0.3) is 10.9 Å². The van der Waals surface area contributed by atoms with Gasteiger partial charge in [0.25, 0.3) is 5.91 Å². The molecule has 1 aromatic heterocycles. The SMILES string of the molecule is CCC1OC(=O)[C@H](C)[C@@H](O[C@H]2C[C@@](C)(OC)[C@@H](OC(=O)CNC(=O)c3cn(C4CC4)c4cc(Cl)c(NCCNC(C)C)cc4c3=O)[C@H](C)O2)[C@H](C)[C@@H](O[C@@H]2O[C@H](C)C[C@H](N(C)C)[C@H]2O)[C@](C)(O)C[C@@H](C)CN(C)[C@H](C)[C@@H](O)[C@]1(C)O. The van der Waals surface area contributed by atoms with E-state index in [1.54, 1.807) is 60.6 Å². The summed E-state index contributed by atoms with van der Waals surface area (Å²) in [6.45, 7) is 22.4. The molecule has 1 amide bonds. The molecule has 7 N–H and O–H groups in total. The van der Waals surface area contributed by atoms with Crippen LogP contribution in [0.5, 0.6) is 0 Å². The number of rotatable bonds is 17. The van der Waals surface area contributed by atoms with E-state index in [0.29, 0.717) is 47.7 Å². The van der Waals surface area contributed by atoms with Crippen LogP contribution in [0.15, 0.2) is 23.1 Å². The number of aliphatic hydroxyl groups is 4. The number of ether oxygens (including phenoxy) is 7. The molecule has 4 aliphatic rings. The highest BCUT2D eigenvalue weighted by atomic mass is 35.5. The summed E-state index contributed by atoms with van der Waals surface area (Å²) in [6.07, 6.45) is -6.56. The second-order valence-corrected chi connectivity index (χ2v) is 25.1. The quantitative estimate of drug-likeness (QED) is 0.0844. The average molecular weight is 1150 g/mol. The van der Waals surface area contributed by atoms with Crippen molar-refractivity contribution >= 4 is 46.0 Å². The van der Waals surface area contributed by atoms with Crippen LogP contribution in [0.3, 0.4) is 0 Å². The molecule has 1 unspecified atom stereocenters. The smallest absolute Gasteiger partial charge is 0.325 e. The Balaban J connectivity index is 1.26. The molecule has 1 aliphatic carbocycles. The third-order valence-corrected chi connectivity index (χ3v) is 17.4. The number of nitrogens with one attached hydrogen (secondary N) is 3. The Morgan fingerprint density at radius 2 is 1.64 bits per heavy atom. The van der Waals surface area contributed by atoms with Crippen molar-refractivity contribution < 1.29 is 68.0 Å². The van der Waals surface area contributed by atoms with E-state index in [0.717, 1.165) is 12.8 Å². The number of amides is 1. The number of fused-ring (bicyclic) bond motifs is 1. The number of pyridine rings is 1. The maximum Gasteiger partial charge on any atom is 0.325 e. The number of methoxy groups -OCH3 is 1. The molecule has 4 fully saturated rings. The zero-order valence-electron chi connectivity index (χ0n) is 50.1. The van der Waals surface area contributed by atoms with Gasteiger partial charge in [-0.25, -0.2) is 0 Å². The van der Waals surface area contributed by atoms with Gasteiger partial charge in [-0.1, -0.05) is 46.2 Å². The first-order valence-corrected chi connectivity index (χ1v) is 29.1. The Morgan fingerprint density at radius 1 is 0.963 bits per heavy atom. The van der Waals surface area contributed by atoms with Gasteiger partial charge in [0.1, 0.15) is 41.6 Å². The molecule has 21 nitrogen and oxygen atoms in total. The van der Waals surface area contributed by atoms with Crippen LogP contribution < -0.4 is 21.4 Å². The van der Waals surface area contributed by atoms with E-state index in [9.17, 15) is 39.6 Å². The van der Waals surface area contributed by atoms with Crippen molar-refractivity contribution in [2.24, 2.45) is 17.8 Å². The Hall–Kier alpha value is -3.55. The molecule has 1 saturated carbocycles. The Morgan fingerprint density at radius 3 is 2.25 bits per heavy atom. The molecule has 18 atom stereocenters. The number of hydrogen-bond acceptors (Lipinski definition) is 19. The molecule has 0 bridgehead atoms. The number of nitrogens with zero attached hydrogens (tertiary/aromatic N) is 3. The third-order valence-electron chi connectivity index (χ3n) is 17.1. The number of cyclic esters (lactones) is 1. The summed E-state index contributed by atoms with van der Waals surface area (Å²) in [5.74, 6) is -4.60. The van der Waals surface area contributed by atoms with Crippen molar-refractivity contribution in [1.82, 2.24) is 25.0 Å². The highest BCUT2D eigenvalue weighted by Gasteiger charge is 2.54. The van der Waals surface area contributed by atoms with Gasteiger partial charge in [0.15, 0.2) is 18.7 Å². The minimum Gasteiger partial charge on any atom is -0.459 e. The Kier molecular flexibility index (Phi) is 22.1. The number of carbonyl (C=O) groups excluding carboxylic acids is 3. The number of anilines is 1. The minimum atomic E-state index is -1.89. The number of aromatic nitrogens is 1. The summed E-state index contributed by atoms with van der Waals surface area (Å²) in [5, 5.41) is 58.2. The van der Waals surface area contributed by atoms with E-state index < -0.39 is 120 Å². The second-order valence-electron chi connectivity index (χ2n) is 24.7. The number of hydrogen-bond donors (Lipinski definition) is 7. The molecule has 3 saturated heterocycles. The van der Waals surface area contributed by atoms with E-state index >= 15 is 0 Å². The first-order valence-electron chi connectivity index (χ1n) is 28.7. The van der Waals surface area contributed by atoms with Crippen LogP contribution in [-0.4, -0.2) is 203 Å². The van der Waals surface area contributed by atoms with Gasteiger partial charge in [-0.15, -0.1) is 0 Å². The van der Waals surface area contributed by atoms with Gasteiger partial charge >= 0.3 is 11.9 Å². The topological polar surface area (TPSA) is 261 Å². The van der Waals surface area contributed by atoms with Gasteiger partial charge in [-0.3, -0.25) is 19.2 Å². The summed E-state index contributed by atoms with van der Waals surface area (Å²) in [6, 6.07) is 2.82. The fourth-order valence-corrected chi connectivity index (χ4v) is 12.5. The van der Waals surface area contributed by atoms with Crippen molar-refractivity contribution in [2.45, 2.75) is 224 Å². The van der Waals surface area contributed by atoms with Crippen molar-refractivity contribution in [3.05, 3.63) is 39.1 Å². The average Bonchev–Trinajstić information content (AvgIpc) is 4.36. The third kappa shape index (κ3) is 15.2. The lowest BCUT2D eigenvalue weighted by Gasteiger charge is -2.49. The monoisotopic (exact) mass is 1150 g/mol. The Labute approximate surface area is 477 Å². The van der Waals surface area contributed by atoms with Crippen LogP contribution in [0.2, 0.25) is 5.02 Å². The molecule has 6 rings (SSSR count). The van der Waals surface area contributed by atoms with Crippen molar-refractivity contribution in [3.63, 3.8) is 0 Å². The minimum absolute atomic E-state index is 0.0514. The standard InChI is InChI=1S/C58H95ClN6O15/c1-17-44-58(12,73)50(69)35(8)64(15)28-31(4)25-56(10,72)51(80-55-48(68)43(63(13)14)22-32(5)75-55)33(6)49(34(7)54(71)77-44)79-46-26-57(11,74-16)52(36(9)76-46)78-45(66)27-62-53(70)39-29-65(37-18-19-37)42-24-40(59)41(23-38(42)47(39)67)61-21-20-60-30(2)3/h23-24,29-37,43-44,46,48-52,55,60-61,68-69,72-73H,17-22,25-28H2,1-16H3,(H,62,70)/t31-,32-,33+,34-,35-,36+,43+,44?,46+,48-,49+,50-,51-,52+,55+,56-,57-,58-/m1/s1. The van der Waals surface area contributed by atoms with Gasteiger partial charge in [0.2, 0.25) is 5.43 Å². The number of halogens is 1. The lowest BCUT2D eigenvalue weighted by molar-refractivity contribution is -0.318. The van der Waals surface area contributed by atoms with Gasteiger partial charge < -0.3 is 83.9 Å². The van der Waals surface area contributed by atoms with Crippen LogP contribution in [-0.2, 0) is 42.7 Å². The summed E-state index contributed by atoms with van der Waals surface area (Å²) in [4.78, 5) is 60.2. The number of likely N-dealkylation sites (N-methyl/N-ethyl adjacent to an activating group) is 2. The van der Waals surface area contributed by atoms with E-state index in [-0.39, 0.29) is 55.0 Å². The molecule has 80 heavy (non-hydrogen) atoms. The van der Waals surface area contributed by atoms with Crippen LogP contribution in [0, 0.1) is 17.8 Å². The number of aliphatic hydroxyl groups excluding tert-OH is 2. The fraction of sp³-hybridized carbons (Fsp3) is 0.793. The van der Waals surface area contributed by atoms with Crippen LogP contribution >= 0.6 is 11.6 Å². The highest BCUT2D eigenvalue weighted by Crippen LogP contribution is 2.42. The number of benzene rings is 1. The summed E-state index contributed by atoms with van der Waals surface area (Å²) >= 11 is 6.70. The van der Waals surface area contributed by atoms with E-state index in [2.05, 4.69) is 16.0 Å². The normalized spacial score (nSPS) is 37.2. The number of esters is 2. The van der Waals surface area contributed by atoms with E-state index in [4.69, 9.17) is 44.8 Å². The number of carbonyl (C=O) groups is 3. The van der Waals surface area contributed by atoms with Crippen molar-refractivity contribution in [2.75, 3.05) is 59.7 Å².